The summed E-state index contributed by atoms with van der Waals surface area (Å²) < 4.78 is 0. The summed E-state index contributed by atoms with van der Waals surface area (Å²) in [7, 11) is 0. The van der Waals surface area contributed by atoms with Crippen LogP contribution in [0.3, 0.4) is 0 Å². The number of nitrogens with one attached hydrogen (secondary N) is 1. The first-order valence-corrected chi connectivity index (χ1v) is 9.77. The van der Waals surface area contributed by atoms with E-state index in [1.807, 2.05) is 72.8 Å². The summed E-state index contributed by atoms with van der Waals surface area (Å²) in [6.45, 7) is 0. The third-order valence-corrected chi connectivity index (χ3v) is 4.81. The third-order valence-electron chi connectivity index (χ3n) is 4.81. The second kappa shape index (κ2) is 8.97. The molecule has 0 spiro atoms. The molecule has 4 rings (SSSR count). The number of amides is 1. The van der Waals surface area contributed by atoms with Crippen LogP contribution in [0, 0.1) is 0 Å². The first kappa shape index (κ1) is 19.9. The summed E-state index contributed by atoms with van der Waals surface area (Å²) >= 11 is 0. The Morgan fingerprint density at radius 3 is 1.55 bits per heavy atom. The van der Waals surface area contributed by atoms with E-state index < -0.39 is 11.9 Å². The fraction of sp³-hybridized carbons (Fsp3) is 0. The minimum Gasteiger partial charge on any atom is -0.478 e. The van der Waals surface area contributed by atoms with Crippen LogP contribution in [0.1, 0.15) is 20.7 Å². The smallest absolute Gasteiger partial charge is 0.336 e. The molecule has 0 aliphatic rings. The average molecular weight is 408 g/mol. The van der Waals surface area contributed by atoms with Gasteiger partial charge in [-0.05, 0) is 60.7 Å². The minimum absolute atomic E-state index is 0.0315. The van der Waals surface area contributed by atoms with Crippen LogP contribution in [-0.4, -0.2) is 17.0 Å². The average Bonchev–Trinajstić information content (AvgIpc) is 2.82. The Bertz CT molecular complexity index is 1150. The van der Waals surface area contributed by atoms with Crippen LogP contribution in [0.5, 0.6) is 0 Å². The maximum absolute atomic E-state index is 12.6. The molecule has 5 heteroatoms. The van der Waals surface area contributed by atoms with Gasteiger partial charge in [0.25, 0.3) is 5.91 Å². The van der Waals surface area contributed by atoms with Crippen LogP contribution >= 0.6 is 0 Å². The summed E-state index contributed by atoms with van der Waals surface area (Å²) in [4.78, 5) is 26.1. The number of hydrogen-bond donors (Lipinski definition) is 2. The molecule has 0 saturated carbocycles. The molecule has 0 aliphatic carbocycles. The first-order valence-electron chi connectivity index (χ1n) is 9.77. The summed E-state index contributed by atoms with van der Waals surface area (Å²) in [6, 6.07) is 33.6. The van der Waals surface area contributed by atoms with Crippen LogP contribution in [0.25, 0.3) is 0 Å². The lowest BCUT2D eigenvalue weighted by atomic mass is 10.1. The van der Waals surface area contributed by atoms with Crippen molar-refractivity contribution in [2.24, 2.45) is 0 Å². The Balaban J connectivity index is 1.61. The summed E-state index contributed by atoms with van der Waals surface area (Å²) in [5, 5.41) is 12.1. The van der Waals surface area contributed by atoms with Gasteiger partial charge in [0.15, 0.2) is 0 Å². The summed E-state index contributed by atoms with van der Waals surface area (Å²) in [5.74, 6) is -1.60. The number of aromatic carboxylic acids is 1. The van der Waals surface area contributed by atoms with Gasteiger partial charge >= 0.3 is 5.97 Å². The van der Waals surface area contributed by atoms with Crippen LogP contribution < -0.4 is 10.2 Å². The molecular weight excluding hydrogens is 388 g/mol. The molecule has 4 aromatic carbocycles. The quantitative estimate of drug-likeness (QED) is 0.404. The van der Waals surface area contributed by atoms with E-state index in [2.05, 4.69) is 10.2 Å². The van der Waals surface area contributed by atoms with Gasteiger partial charge in [-0.25, -0.2) is 4.79 Å². The lowest BCUT2D eigenvalue weighted by molar-refractivity contribution is 0.0692. The highest BCUT2D eigenvalue weighted by atomic mass is 16.4. The minimum atomic E-state index is -1.14. The molecule has 4 aromatic rings. The Labute approximate surface area is 180 Å². The molecule has 0 fully saturated rings. The second-order valence-electron chi connectivity index (χ2n) is 6.86. The normalized spacial score (nSPS) is 10.3. The molecule has 31 heavy (non-hydrogen) atoms. The number of carbonyl (C=O) groups is 2. The molecule has 0 saturated heterocycles. The van der Waals surface area contributed by atoms with Gasteiger partial charge in [-0.15, -0.1) is 0 Å². The largest absolute Gasteiger partial charge is 0.478 e. The highest BCUT2D eigenvalue weighted by Gasteiger charge is 2.16. The lowest BCUT2D eigenvalue weighted by Crippen LogP contribution is -2.16. The molecule has 2 N–H and O–H groups in total. The number of benzene rings is 4. The maximum Gasteiger partial charge on any atom is 0.336 e. The van der Waals surface area contributed by atoms with E-state index in [9.17, 15) is 14.7 Å². The van der Waals surface area contributed by atoms with Gasteiger partial charge in [0.1, 0.15) is 0 Å². The molecule has 0 radical (unpaired) electrons. The van der Waals surface area contributed by atoms with Crippen molar-refractivity contribution in [3.8, 4) is 0 Å². The van der Waals surface area contributed by atoms with Gasteiger partial charge in [-0.1, -0.05) is 48.5 Å². The molecule has 0 atom stereocenters. The van der Waals surface area contributed by atoms with Crippen molar-refractivity contribution in [1.29, 1.82) is 0 Å². The zero-order chi connectivity index (χ0) is 21.6. The number of carbonyl (C=O) groups excluding carboxylic acids is 1. The number of carboxylic acid groups (broad SMARTS) is 1. The standard InChI is InChI=1S/C26H20N2O3/c29-25(23-13-7-8-14-24(23)26(30)31)27-19-15-17-22(18-16-19)28(20-9-3-1-4-10-20)21-11-5-2-6-12-21/h1-18H,(H,27,29)(H,30,31). The van der Waals surface area contributed by atoms with Gasteiger partial charge in [0, 0.05) is 22.7 Å². The van der Waals surface area contributed by atoms with Gasteiger partial charge in [0.2, 0.25) is 0 Å². The number of rotatable bonds is 6. The van der Waals surface area contributed by atoms with E-state index in [0.29, 0.717) is 5.69 Å². The van der Waals surface area contributed by atoms with E-state index in [-0.39, 0.29) is 11.1 Å². The Morgan fingerprint density at radius 1 is 0.581 bits per heavy atom. The van der Waals surface area contributed by atoms with Crippen molar-refractivity contribution in [2.45, 2.75) is 0 Å². The number of nitrogens with zero attached hydrogens (tertiary/aromatic N) is 1. The molecule has 0 aromatic heterocycles. The number of anilines is 4. The molecule has 0 unspecified atom stereocenters. The molecule has 0 aliphatic heterocycles. The fourth-order valence-corrected chi connectivity index (χ4v) is 3.36. The van der Waals surface area contributed by atoms with Crippen LogP contribution in [0.2, 0.25) is 0 Å². The fourth-order valence-electron chi connectivity index (χ4n) is 3.36. The predicted molar refractivity (Wildman–Crippen MR) is 122 cm³/mol. The van der Waals surface area contributed by atoms with E-state index in [4.69, 9.17) is 0 Å². The van der Waals surface area contributed by atoms with Crippen LogP contribution in [0.4, 0.5) is 22.7 Å². The molecule has 0 bridgehead atoms. The van der Waals surface area contributed by atoms with Gasteiger partial charge < -0.3 is 15.3 Å². The van der Waals surface area contributed by atoms with E-state index in [1.54, 1.807) is 24.3 Å². The lowest BCUT2D eigenvalue weighted by Gasteiger charge is -2.25. The highest BCUT2D eigenvalue weighted by molar-refractivity contribution is 6.10. The van der Waals surface area contributed by atoms with Crippen molar-refractivity contribution in [1.82, 2.24) is 0 Å². The van der Waals surface area contributed by atoms with Crippen LogP contribution in [-0.2, 0) is 0 Å². The molecule has 1 amide bonds. The predicted octanol–water partition coefficient (Wildman–Crippen LogP) is 6.11. The van der Waals surface area contributed by atoms with E-state index in [1.165, 1.54) is 12.1 Å². The SMILES string of the molecule is O=C(O)c1ccccc1C(=O)Nc1ccc(N(c2ccccc2)c2ccccc2)cc1. The summed E-state index contributed by atoms with van der Waals surface area (Å²) in [5.41, 5.74) is 3.63. The van der Waals surface area contributed by atoms with Crippen molar-refractivity contribution >= 4 is 34.6 Å². The topological polar surface area (TPSA) is 69.6 Å². The number of para-hydroxylation sites is 2. The molecule has 0 heterocycles. The zero-order valence-electron chi connectivity index (χ0n) is 16.6. The molecule has 152 valence electrons. The third kappa shape index (κ3) is 4.46. The second-order valence-corrected chi connectivity index (χ2v) is 6.86. The zero-order valence-corrected chi connectivity index (χ0v) is 16.6. The molecular formula is C26H20N2O3. The van der Waals surface area contributed by atoms with Crippen molar-refractivity contribution < 1.29 is 14.7 Å². The van der Waals surface area contributed by atoms with Gasteiger partial charge in [0.05, 0.1) is 11.1 Å². The van der Waals surface area contributed by atoms with Crippen molar-refractivity contribution in [3.05, 3.63) is 120 Å². The van der Waals surface area contributed by atoms with Gasteiger partial charge in [-0.2, -0.15) is 0 Å². The Kier molecular flexibility index (Phi) is 5.76. The van der Waals surface area contributed by atoms with Crippen molar-refractivity contribution in [3.63, 3.8) is 0 Å². The number of hydrogen-bond acceptors (Lipinski definition) is 3. The molecule has 5 nitrogen and oxygen atoms in total. The first-order chi connectivity index (χ1) is 15.1. The van der Waals surface area contributed by atoms with Crippen LogP contribution in [0.15, 0.2) is 109 Å². The van der Waals surface area contributed by atoms with Gasteiger partial charge in [-0.3, -0.25) is 4.79 Å². The van der Waals surface area contributed by atoms with E-state index >= 15 is 0 Å². The highest BCUT2D eigenvalue weighted by Crippen LogP contribution is 2.34. The Hall–Kier alpha value is -4.38. The monoisotopic (exact) mass is 408 g/mol. The maximum atomic E-state index is 12.6. The van der Waals surface area contributed by atoms with Crippen molar-refractivity contribution in [2.75, 3.05) is 10.2 Å². The number of carboxylic acids is 1. The summed E-state index contributed by atoms with van der Waals surface area (Å²) in [6.07, 6.45) is 0. The van der Waals surface area contributed by atoms with E-state index in [0.717, 1.165) is 17.1 Å². The Morgan fingerprint density at radius 2 is 1.03 bits per heavy atom.